The van der Waals surface area contributed by atoms with Crippen molar-refractivity contribution in [3.05, 3.63) is 89.2 Å². The van der Waals surface area contributed by atoms with E-state index in [1.54, 1.807) is 46.2 Å². The molecule has 0 aromatic heterocycles. The monoisotopic (exact) mass is 545 g/mol. The smallest absolute Gasteiger partial charge is 0.322 e. The predicted molar refractivity (Wildman–Crippen MR) is 152 cm³/mol. The lowest BCUT2D eigenvalue weighted by atomic mass is 10.1. The van der Waals surface area contributed by atoms with Gasteiger partial charge in [0.25, 0.3) is 11.8 Å². The maximum Gasteiger partial charge on any atom is 0.322 e. The number of morpholine rings is 1. The third-order valence-corrected chi connectivity index (χ3v) is 7.12. The van der Waals surface area contributed by atoms with Gasteiger partial charge in [0.1, 0.15) is 5.82 Å². The van der Waals surface area contributed by atoms with E-state index < -0.39 is 5.82 Å². The number of hydrogen-bond donors (Lipinski definition) is 2. The molecule has 0 saturated carbocycles. The number of para-hydroxylation sites is 1. The summed E-state index contributed by atoms with van der Waals surface area (Å²) in [6.07, 6.45) is 0. The lowest BCUT2D eigenvalue weighted by molar-refractivity contribution is 0.0303. The highest BCUT2D eigenvalue weighted by atomic mass is 19.1. The van der Waals surface area contributed by atoms with Gasteiger partial charge in [-0.25, -0.2) is 9.18 Å². The van der Waals surface area contributed by atoms with Crippen molar-refractivity contribution in [2.75, 3.05) is 68.0 Å². The standard InChI is InChI=1S/C30H32FN5O4/c1-21-6-8-22(9-7-21)28(37)32-23-10-11-27(24(20-23)29(38)35-16-18-40-19-17-35)34-12-14-36(15-13-34)30(39)33-26-5-3-2-4-25(26)31/h2-11,20H,12-19H2,1H3,(H,32,37)(H,33,39). The highest BCUT2D eigenvalue weighted by molar-refractivity contribution is 6.06. The molecule has 0 spiro atoms. The lowest BCUT2D eigenvalue weighted by Crippen LogP contribution is -2.50. The number of urea groups is 1. The van der Waals surface area contributed by atoms with E-state index in [2.05, 4.69) is 15.5 Å². The van der Waals surface area contributed by atoms with E-state index in [4.69, 9.17) is 4.74 Å². The Hall–Kier alpha value is -4.44. The van der Waals surface area contributed by atoms with Crippen molar-refractivity contribution in [1.82, 2.24) is 9.80 Å². The fraction of sp³-hybridized carbons (Fsp3) is 0.300. The van der Waals surface area contributed by atoms with Gasteiger partial charge in [-0.2, -0.15) is 0 Å². The Morgan fingerprint density at radius 2 is 1.50 bits per heavy atom. The average molecular weight is 546 g/mol. The van der Waals surface area contributed by atoms with Gasteiger partial charge in [0.05, 0.1) is 24.5 Å². The van der Waals surface area contributed by atoms with Crippen LogP contribution in [-0.2, 0) is 4.74 Å². The zero-order valence-corrected chi connectivity index (χ0v) is 22.4. The topological polar surface area (TPSA) is 94.2 Å². The summed E-state index contributed by atoms with van der Waals surface area (Å²) in [5.74, 6) is -0.883. The van der Waals surface area contributed by atoms with Crippen LogP contribution >= 0.6 is 0 Å². The Morgan fingerprint density at radius 3 is 2.20 bits per heavy atom. The van der Waals surface area contributed by atoms with Crippen molar-refractivity contribution in [2.24, 2.45) is 0 Å². The van der Waals surface area contributed by atoms with Crippen LogP contribution in [0.4, 0.5) is 26.2 Å². The molecule has 2 N–H and O–H groups in total. The van der Waals surface area contributed by atoms with Crippen molar-refractivity contribution >= 4 is 34.9 Å². The molecule has 3 aromatic rings. The normalized spacial score (nSPS) is 15.5. The van der Waals surface area contributed by atoms with Gasteiger partial charge in [-0.1, -0.05) is 29.8 Å². The van der Waals surface area contributed by atoms with Crippen molar-refractivity contribution in [3.8, 4) is 0 Å². The van der Waals surface area contributed by atoms with E-state index in [9.17, 15) is 18.8 Å². The number of ether oxygens (including phenoxy) is 1. The highest BCUT2D eigenvalue weighted by Gasteiger charge is 2.27. The van der Waals surface area contributed by atoms with Gasteiger partial charge in [-0.05, 0) is 49.4 Å². The molecular formula is C30H32FN5O4. The van der Waals surface area contributed by atoms with E-state index in [0.717, 1.165) is 11.3 Å². The molecule has 2 aliphatic rings. The van der Waals surface area contributed by atoms with Crippen LogP contribution in [0.25, 0.3) is 0 Å². The number of carbonyl (C=O) groups is 3. The van der Waals surface area contributed by atoms with Crippen LogP contribution in [0.1, 0.15) is 26.3 Å². The number of rotatable bonds is 5. The van der Waals surface area contributed by atoms with E-state index in [1.165, 1.54) is 12.1 Å². The first-order valence-electron chi connectivity index (χ1n) is 13.3. The van der Waals surface area contributed by atoms with Crippen LogP contribution in [0.15, 0.2) is 66.7 Å². The molecule has 40 heavy (non-hydrogen) atoms. The summed E-state index contributed by atoms with van der Waals surface area (Å²) in [4.78, 5) is 44.7. The second-order valence-corrected chi connectivity index (χ2v) is 9.84. The van der Waals surface area contributed by atoms with Crippen LogP contribution in [0, 0.1) is 12.7 Å². The number of piperazine rings is 1. The van der Waals surface area contributed by atoms with Gasteiger partial charge in [-0.3, -0.25) is 9.59 Å². The Balaban J connectivity index is 1.32. The number of carbonyl (C=O) groups excluding carboxylic acids is 3. The first kappa shape index (κ1) is 27.1. The van der Waals surface area contributed by atoms with Gasteiger partial charge >= 0.3 is 6.03 Å². The number of nitrogens with zero attached hydrogens (tertiary/aromatic N) is 3. The van der Waals surface area contributed by atoms with E-state index >= 15 is 0 Å². The maximum absolute atomic E-state index is 14.0. The Bertz CT molecular complexity index is 1380. The molecular weight excluding hydrogens is 513 g/mol. The third-order valence-electron chi connectivity index (χ3n) is 7.12. The number of hydrogen-bond acceptors (Lipinski definition) is 5. The summed E-state index contributed by atoms with van der Waals surface area (Å²) >= 11 is 0. The molecule has 3 aromatic carbocycles. The third kappa shape index (κ3) is 6.23. The fourth-order valence-corrected chi connectivity index (χ4v) is 4.81. The van der Waals surface area contributed by atoms with Gasteiger partial charge in [-0.15, -0.1) is 0 Å². The average Bonchev–Trinajstić information content (AvgIpc) is 2.99. The molecule has 0 aliphatic carbocycles. The number of aryl methyl sites for hydroxylation is 1. The summed E-state index contributed by atoms with van der Waals surface area (Å²) in [6, 6.07) is 18.3. The SMILES string of the molecule is Cc1ccc(C(=O)Nc2ccc(N3CCN(C(=O)Nc4ccccc4F)CC3)c(C(=O)N3CCOCC3)c2)cc1. The van der Waals surface area contributed by atoms with Crippen molar-refractivity contribution in [1.29, 1.82) is 0 Å². The van der Waals surface area contributed by atoms with Crippen molar-refractivity contribution < 1.29 is 23.5 Å². The van der Waals surface area contributed by atoms with Crippen LogP contribution in [0.2, 0.25) is 0 Å². The zero-order chi connectivity index (χ0) is 28.1. The molecule has 0 unspecified atom stereocenters. The molecule has 5 rings (SSSR count). The fourth-order valence-electron chi connectivity index (χ4n) is 4.81. The minimum absolute atomic E-state index is 0.135. The quantitative estimate of drug-likeness (QED) is 0.501. The highest BCUT2D eigenvalue weighted by Crippen LogP contribution is 2.28. The van der Waals surface area contributed by atoms with Crippen molar-refractivity contribution in [2.45, 2.75) is 6.92 Å². The van der Waals surface area contributed by atoms with Crippen LogP contribution in [-0.4, -0.2) is 80.1 Å². The van der Waals surface area contributed by atoms with Crippen LogP contribution < -0.4 is 15.5 Å². The number of amides is 4. The second-order valence-electron chi connectivity index (χ2n) is 9.84. The van der Waals surface area contributed by atoms with Crippen molar-refractivity contribution in [3.63, 3.8) is 0 Å². The minimum Gasteiger partial charge on any atom is -0.378 e. The van der Waals surface area contributed by atoms with E-state index in [-0.39, 0.29) is 23.5 Å². The first-order valence-corrected chi connectivity index (χ1v) is 13.3. The molecule has 9 nitrogen and oxygen atoms in total. The molecule has 2 saturated heterocycles. The predicted octanol–water partition coefficient (Wildman–Crippen LogP) is 4.21. The molecule has 10 heteroatoms. The van der Waals surface area contributed by atoms with Gasteiger partial charge in [0, 0.05) is 56.2 Å². The largest absolute Gasteiger partial charge is 0.378 e. The molecule has 208 valence electrons. The summed E-state index contributed by atoms with van der Waals surface area (Å²) < 4.78 is 19.4. The molecule has 2 fully saturated rings. The Kier molecular flexibility index (Phi) is 8.26. The summed E-state index contributed by atoms with van der Waals surface area (Å²) in [5, 5.41) is 5.54. The first-order chi connectivity index (χ1) is 19.4. The number of anilines is 3. The summed E-state index contributed by atoms with van der Waals surface area (Å²) in [5.41, 5.74) is 3.46. The zero-order valence-electron chi connectivity index (χ0n) is 22.4. The van der Waals surface area contributed by atoms with Crippen LogP contribution in [0.3, 0.4) is 0 Å². The lowest BCUT2D eigenvalue weighted by Gasteiger charge is -2.37. The van der Waals surface area contributed by atoms with Gasteiger partial charge in [0.2, 0.25) is 0 Å². The van der Waals surface area contributed by atoms with Gasteiger partial charge < -0.3 is 30.1 Å². The van der Waals surface area contributed by atoms with E-state index in [0.29, 0.717) is 69.3 Å². The molecule has 0 bridgehead atoms. The minimum atomic E-state index is -0.490. The molecule has 4 amide bonds. The molecule has 2 aliphatic heterocycles. The number of nitrogens with one attached hydrogen (secondary N) is 2. The summed E-state index contributed by atoms with van der Waals surface area (Å²) in [7, 11) is 0. The number of benzene rings is 3. The Labute approximate surface area is 232 Å². The second kappa shape index (κ2) is 12.2. The van der Waals surface area contributed by atoms with Crippen LogP contribution in [0.5, 0.6) is 0 Å². The summed E-state index contributed by atoms with van der Waals surface area (Å²) in [6.45, 7) is 5.66. The Morgan fingerprint density at radius 1 is 0.800 bits per heavy atom. The number of halogens is 1. The molecule has 2 heterocycles. The van der Waals surface area contributed by atoms with E-state index in [1.807, 2.05) is 25.1 Å². The molecule has 0 atom stereocenters. The molecule has 0 radical (unpaired) electrons. The van der Waals surface area contributed by atoms with Gasteiger partial charge in [0.15, 0.2) is 0 Å². The maximum atomic E-state index is 14.0.